The molecule has 0 spiro atoms. The molecule has 1 aromatic heterocycles. The van der Waals surface area contributed by atoms with E-state index in [2.05, 4.69) is 32.6 Å². The maximum Gasteiger partial charge on any atom is 0.280 e. The Hall–Kier alpha value is -2.38. The Kier molecular flexibility index (Phi) is 7.68. The first-order valence-corrected chi connectivity index (χ1v) is 14.6. The van der Waals surface area contributed by atoms with Crippen molar-refractivity contribution < 1.29 is 22.8 Å². The first-order valence-electron chi connectivity index (χ1n) is 12.3. The Labute approximate surface area is 215 Å². The van der Waals surface area contributed by atoms with Crippen LogP contribution in [0.25, 0.3) is 0 Å². The van der Waals surface area contributed by atoms with Crippen molar-refractivity contribution in [1.82, 2.24) is 15.2 Å². The van der Waals surface area contributed by atoms with Gasteiger partial charge >= 0.3 is 0 Å². The number of amides is 1. The number of anilines is 1. The van der Waals surface area contributed by atoms with Crippen LogP contribution in [0.15, 0.2) is 40.5 Å². The highest BCUT2D eigenvalue weighted by Crippen LogP contribution is 2.33. The van der Waals surface area contributed by atoms with Crippen molar-refractivity contribution in [2.75, 3.05) is 38.2 Å². The van der Waals surface area contributed by atoms with Gasteiger partial charge in [0.05, 0.1) is 23.4 Å². The predicted octanol–water partition coefficient (Wildman–Crippen LogP) is 2.02. The molecule has 36 heavy (non-hydrogen) atoms. The Bertz CT molecular complexity index is 1200. The average Bonchev–Trinajstić information content (AvgIpc) is 3.44. The van der Waals surface area contributed by atoms with Crippen LogP contribution in [0.3, 0.4) is 0 Å². The summed E-state index contributed by atoms with van der Waals surface area (Å²) in [5, 5.41) is 10.6. The number of ether oxygens (including phenoxy) is 1. The van der Waals surface area contributed by atoms with Gasteiger partial charge in [0.1, 0.15) is 0 Å². The molecule has 2 atom stereocenters. The SMILES string of the molecule is C[C@@H]1CN(Cc2cnc(NC(=O)C(=NO[C@@H]3CCOC3)c3ccc(S(=O)(=O)C4CC4)cc3)s2)CCN1. The summed E-state index contributed by atoms with van der Waals surface area (Å²) < 4.78 is 30.4. The number of hydrogen-bond acceptors (Lipinski definition) is 10. The zero-order valence-electron chi connectivity index (χ0n) is 20.2. The fourth-order valence-corrected chi connectivity index (χ4v) is 6.80. The Balaban J connectivity index is 1.30. The van der Waals surface area contributed by atoms with E-state index in [0.29, 0.717) is 49.2 Å². The topological polar surface area (TPSA) is 122 Å². The molecule has 0 unspecified atom stereocenters. The normalized spacial score (nSPS) is 23.5. The molecule has 0 bridgehead atoms. The maximum atomic E-state index is 13.2. The minimum atomic E-state index is -3.32. The second kappa shape index (κ2) is 10.9. The van der Waals surface area contributed by atoms with Gasteiger partial charge in [-0.2, -0.15) is 0 Å². The van der Waals surface area contributed by atoms with Crippen molar-refractivity contribution in [3.63, 3.8) is 0 Å². The van der Waals surface area contributed by atoms with Crippen LogP contribution in [0.1, 0.15) is 36.6 Å². The van der Waals surface area contributed by atoms with Crippen LogP contribution in [-0.4, -0.2) is 80.2 Å². The van der Waals surface area contributed by atoms with Crippen molar-refractivity contribution >= 4 is 37.9 Å². The first kappa shape index (κ1) is 25.3. The molecule has 2 aliphatic heterocycles. The number of rotatable bonds is 9. The van der Waals surface area contributed by atoms with E-state index >= 15 is 0 Å². The Morgan fingerprint density at radius 2 is 2.11 bits per heavy atom. The van der Waals surface area contributed by atoms with Gasteiger partial charge in [-0.15, -0.1) is 11.3 Å². The van der Waals surface area contributed by atoms with E-state index in [1.54, 1.807) is 18.3 Å². The van der Waals surface area contributed by atoms with Crippen LogP contribution < -0.4 is 10.6 Å². The summed E-state index contributed by atoms with van der Waals surface area (Å²) in [6.45, 7) is 6.83. The van der Waals surface area contributed by atoms with Gasteiger partial charge in [-0.1, -0.05) is 17.3 Å². The molecule has 1 aliphatic carbocycles. The second-order valence-corrected chi connectivity index (χ2v) is 12.8. The van der Waals surface area contributed by atoms with Crippen LogP contribution in [0.2, 0.25) is 0 Å². The minimum Gasteiger partial charge on any atom is -0.389 e. The number of oxime groups is 1. The van der Waals surface area contributed by atoms with Crippen molar-refractivity contribution in [2.24, 2.45) is 5.16 Å². The summed E-state index contributed by atoms with van der Waals surface area (Å²) in [5.41, 5.74) is 0.526. The molecule has 2 saturated heterocycles. The highest BCUT2D eigenvalue weighted by atomic mass is 32.2. The number of piperazine rings is 1. The monoisotopic (exact) mass is 533 g/mol. The zero-order chi connectivity index (χ0) is 25.1. The van der Waals surface area contributed by atoms with E-state index in [0.717, 1.165) is 31.1 Å². The van der Waals surface area contributed by atoms with Gasteiger partial charge in [0.25, 0.3) is 5.91 Å². The van der Waals surface area contributed by atoms with Gasteiger partial charge in [0, 0.05) is 55.3 Å². The standard InChI is InChI=1S/C24H31N5O5S2/c1-16-13-29(10-9-25-16)14-19-12-26-24(35-19)27-23(30)22(28-34-18-8-11-33-15-18)17-2-4-20(5-3-17)36(31,32)21-6-7-21/h2-5,12,16,18,21,25H,6-11,13-15H2,1H3,(H,26,27,30)/t16-,18-/m1/s1. The lowest BCUT2D eigenvalue weighted by atomic mass is 10.1. The summed E-state index contributed by atoms with van der Waals surface area (Å²) >= 11 is 1.43. The van der Waals surface area contributed by atoms with Crippen LogP contribution in [0.4, 0.5) is 5.13 Å². The van der Waals surface area contributed by atoms with Gasteiger partial charge in [-0.25, -0.2) is 13.4 Å². The summed E-state index contributed by atoms with van der Waals surface area (Å²) in [7, 11) is -3.32. The van der Waals surface area contributed by atoms with E-state index in [1.807, 2.05) is 0 Å². The number of aromatic nitrogens is 1. The van der Waals surface area contributed by atoms with Gasteiger partial charge < -0.3 is 14.9 Å². The van der Waals surface area contributed by atoms with Gasteiger partial charge in [-0.05, 0) is 31.9 Å². The molecule has 5 rings (SSSR count). The predicted molar refractivity (Wildman–Crippen MR) is 137 cm³/mol. The van der Waals surface area contributed by atoms with E-state index in [4.69, 9.17) is 9.57 Å². The second-order valence-electron chi connectivity index (χ2n) is 9.48. The van der Waals surface area contributed by atoms with Gasteiger partial charge in [0.15, 0.2) is 26.8 Å². The van der Waals surface area contributed by atoms with E-state index in [-0.39, 0.29) is 22.0 Å². The molecular formula is C24H31N5O5S2. The van der Waals surface area contributed by atoms with Crippen molar-refractivity contribution in [3.05, 3.63) is 40.9 Å². The molecule has 194 valence electrons. The third-order valence-corrected chi connectivity index (χ3v) is 9.60. The number of carbonyl (C=O) groups excluding carboxylic acids is 1. The fourth-order valence-electron chi connectivity index (χ4n) is 4.29. The molecule has 0 radical (unpaired) electrons. The first-order chi connectivity index (χ1) is 17.4. The molecule has 12 heteroatoms. The molecule has 3 fully saturated rings. The molecule has 2 N–H and O–H groups in total. The number of benzene rings is 1. The number of nitrogens with zero attached hydrogens (tertiary/aromatic N) is 3. The number of nitrogens with one attached hydrogen (secondary N) is 2. The largest absolute Gasteiger partial charge is 0.389 e. The van der Waals surface area contributed by atoms with Crippen molar-refractivity contribution in [1.29, 1.82) is 0 Å². The summed E-state index contributed by atoms with van der Waals surface area (Å²) in [5.74, 6) is -0.469. The highest BCUT2D eigenvalue weighted by molar-refractivity contribution is 7.92. The van der Waals surface area contributed by atoms with E-state index < -0.39 is 15.7 Å². The zero-order valence-corrected chi connectivity index (χ0v) is 21.8. The lowest BCUT2D eigenvalue weighted by molar-refractivity contribution is -0.110. The highest BCUT2D eigenvalue weighted by Gasteiger charge is 2.36. The van der Waals surface area contributed by atoms with Crippen molar-refractivity contribution in [3.8, 4) is 0 Å². The summed E-state index contributed by atoms with van der Waals surface area (Å²) in [6, 6.07) is 6.70. The van der Waals surface area contributed by atoms with Crippen LogP contribution in [0, 0.1) is 0 Å². The number of sulfone groups is 1. The maximum absolute atomic E-state index is 13.2. The third-order valence-electron chi connectivity index (χ3n) is 6.42. The summed E-state index contributed by atoms with van der Waals surface area (Å²) in [4.78, 5) is 26.9. The third kappa shape index (κ3) is 6.12. The van der Waals surface area contributed by atoms with Crippen LogP contribution >= 0.6 is 11.3 Å². The van der Waals surface area contributed by atoms with Crippen LogP contribution in [-0.2, 0) is 30.8 Å². The smallest absolute Gasteiger partial charge is 0.280 e. The molecule has 3 heterocycles. The van der Waals surface area contributed by atoms with Gasteiger partial charge in [-0.3, -0.25) is 15.0 Å². The molecule has 1 saturated carbocycles. The molecule has 10 nitrogen and oxygen atoms in total. The minimum absolute atomic E-state index is 0.0601. The lowest BCUT2D eigenvalue weighted by Crippen LogP contribution is -2.48. The molecule has 3 aliphatic rings. The number of hydrogen-bond donors (Lipinski definition) is 2. The van der Waals surface area contributed by atoms with Crippen LogP contribution in [0.5, 0.6) is 0 Å². The molecule has 1 aromatic carbocycles. The molecule has 1 amide bonds. The Morgan fingerprint density at radius 1 is 1.31 bits per heavy atom. The average molecular weight is 534 g/mol. The quantitative estimate of drug-likeness (QED) is 0.371. The van der Waals surface area contributed by atoms with E-state index in [9.17, 15) is 13.2 Å². The number of thiazole rings is 1. The molecule has 2 aromatic rings. The molecular weight excluding hydrogens is 502 g/mol. The number of carbonyl (C=O) groups is 1. The van der Waals surface area contributed by atoms with E-state index in [1.165, 1.54) is 23.5 Å². The fraction of sp³-hybridized carbons (Fsp3) is 0.542. The lowest BCUT2D eigenvalue weighted by Gasteiger charge is -2.31. The summed E-state index contributed by atoms with van der Waals surface area (Å²) in [6.07, 6.45) is 3.64. The Morgan fingerprint density at radius 3 is 2.81 bits per heavy atom. The van der Waals surface area contributed by atoms with Gasteiger partial charge in [0.2, 0.25) is 0 Å². The van der Waals surface area contributed by atoms with Crippen molar-refractivity contribution in [2.45, 2.75) is 55.0 Å².